The van der Waals surface area contributed by atoms with Crippen molar-refractivity contribution in [2.75, 3.05) is 19.7 Å². The van der Waals surface area contributed by atoms with Crippen molar-refractivity contribution in [2.24, 2.45) is 0 Å². The van der Waals surface area contributed by atoms with E-state index in [1.165, 1.54) is 0 Å². The van der Waals surface area contributed by atoms with Crippen LogP contribution in [0.1, 0.15) is 50.5 Å². The number of nitrogens with zero attached hydrogens (tertiary/aromatic N) is 5. The summed E-state index contributed by atoms with van der Waals surface area (Å²) in [5.74, 6) is 1.75. The lowest BCUT2D eigenvalue weighted by atomic mass is 10.2. The van der Waals surface area contributed by atoms with Gasteiger partial charge in [0.1, 0.15) is 12.1 Å². The van der Waals surface area contributed by atoms with Crippen LogP contribution in [-0.4, -0.2) is 55.2 Å². The molecule has 3 heterocycles. The summed E-state index contributed by atoms with van der Waals surface area (Å²) in [5, 5.41) is 7.14. The molecule has 1 aliphatic rings. The first-order valence-corrected chi connectivity index (χ1v) is 7.86. The molecule has 3 rings (SSSR count). The van der Waals surface area contributed by atoms with Gasteiger partial charge in [-0.1, -0.05) is 13.8 Å². The van der Waals surface area contributed by atoms with E-state index in [1.807, 2.05) is 25.7 Å². The molecule has 0 aliphatic carbocycles. The predicted octanol–water partition coefficient (Wildman–Crippen LogP) is 1.29. The number of nitrogens with one attached hydrogen (secondary N) is 1. The lowest BCUT2D eigenvalue weighted by Crippen LogP contribution is -2.45. The van der Waals surface area contributed by atoms with E-state index in [0.29, 0.717) is 25.5 Å². The minimum absolute atomic E-state index is 0.0555. The van der Waals surface area contributed by atoms with Crippen molar-refractivity contribution in [3.63, 3.8) is 0 Å². The molecule has 1 saturated heterocycles. The molecule has 124 valence electrons. The largest absolute Gasteiger partial charge is 0.367 e. The molecule has 1 fully saturated rings. The fourth-order valence-electron chi connectivity index (χ4n) is 2.60. The minimum Gasteiger partial charge on any atom is -0.367 e. The van der Waals surface area contributed by atoms with E-state index in [2.05, 4.69) is 20.2 Å². The molecule has 0 radical (unpaired) electrons. The first kappa shape index (κ1) is 15.7. The smallest absolute Gasteiger partial charge is 0.245 e. The molecule has 0 bridgehead atoms. The number of hydrogen-bond donors (Lipinski definition) is 1. The van der Waals surface area contributed by atoms with Gasteiger partial charge in [0.15, 0.2) is 11.6 Å². The van der Waals surface area contributed by atoms with Crippen molar-refractivity contribution in [1.29, 1.82) is 0 Å². The molecule has 2 aromatic heterocycles. The molecular weight excluding hydrogens is 296 g/mol. The average molecular weight is 318 g/mol. The number of carbonyl (C=O) groups is 1. The first-order chi connectivity index (χ1) is 11.1. The molecule has 0 aromatic carbocycles. The third-order valence-corrected chi connectivity index (χ3v) is 4.05. The summed E-state index contributed by atoms with van der Waals surface area (Å²) in [7, 11) is 0. The van der Waals surface area contributed by atoms with Crippen molar-refractivity contribution in [3.8, 4) is 0 Å². The topological polar surface area (TPSA) is 88.9 Å². The summed E-state index contributed by atoms with van der Waals surface area (Å²) in [6.07, 6.45) is 4.87. The minimum atomic E-state index is -0.280. The zero-order valence-corrected chi connectivity index (χ0v) is 13.6. The van der Waals surface area contributed by atoms with Gasteiger partial charge in [0.25, 0.3) is 0 Å². The van der Waals surface area contributed by atoms with Crippen molar-refractivity contribution < 1.29 is 9.53 Å². The second-order valence-electron chi connectivity index (χ2n) is 6.06. The van der Waals surface area contributed by atoms with Crippen molar-refractivity contribution in [2.45, 2.75) is 38.8 Å². The van der Waals surface area contributed by atoms with Crippen LogP contribution in [-0.2, 0) is 9.53 Å². The maximum Gasteiger partial charge on any atom is 0.245 e. The van der Waals surface area contributed by atoms with E-state index in [1.54, 1.807) is 23.3 Å². The number of carbonyl (C=O) groups excluding carboxylic acids is 1. The number of aromatic amines is 1. The van der Waals surface area contributed by atoms with Crippen LogP contribution in [0, 0.1) is 0 Å². The predicted molar refractivity (Wildman–Crippen MR) is 82.7 cm³/mol. The Morgan fingerprint density at radius 1 is 1.43 bits per heavy atom. The summed E-state index contributed by atoms with van der Waals surface area (Å²) in [5.41, 5.74) is 0. The SMILES string of the molecule is CC(C)c1n[nH]c([C@@H]2CN(C(=O)[C@@H](C)n3ccnc3)CCO2)n1. The molecule has 1 amide bonds. The number of hydrogen-bond acceptors (Lipinski definition) is 5. The molecule has 8 heteroatoms. The van der Waals surface area contributed by atoms with E-state index in [4.69, 9.17) is 4.74 Å². The van der Waals surface area contributed by atoms with Crippen LogP contribution >= 0.6 is 0 Å². The Labute approximate surface area is 134 Å². The molecule has 0 unspecified atom stereocenters. The summed E-state index contributed by atoms with van der Waals surface area (Å²) in [6, 6.07) is -0.280. The highest BCUT2D eigenvalue weighted by Gasteiger charge is 2.30. The number of ether oxygens (including phenoxy) is 1. The second kappa shape index (κ2) is 6.49. The number of rotatable bonds is 4. The number of H-pyrrole nitrogens is 1. The van der Waals surface area contributed by atoms with E-state index in [9.17, 15) is 4.79 Å². The van der Waals surface area contributed by atoms with Gasteiger partial charge in [-0.15, -0.1) is 0 Å². The third-order valence-electron chi connectivity index (χ3n) is 4.05. The molecule has 2 aromatic rings. The second-order valence-corrected chi connectivity index (χ2v) is 6.06. The number of morpholine rings is 1. The molecule has 0 spiro atoms. The number of amides is 1. The molecular formula is C15H22N6O2. The quantitative estimate of drug-likeness (QED) is 0.917. The van der Waals surface area contributed by atoms with Crippen molar-refractivity contribution >= 4 is 5.91 Å². The van der Waals surface area contributed by atoms with Crippen LogP contribution in [0.25, 0.3) is 0 Å². The van der Waals surface area contributed by atoms with E-state index < -0.39 is 0 Å². The highest BCUT2D eigenvalue weighted by Crippen LogP contribution is 2.22. The van der Waals surface area contributed by atoms with Gasteiger partial charge in [-0.2, -0.15) is 5.10 Å². The van der Waals surface area contributed by atoms with Crippen molar-refractivity contribution in [1.82, 2.24) is 29.6 Å². The third kappa shape index (κ3) is 3.26. The van der Waals surface area contributed by atoms with Crippen LogP contribution in [0.15, 0.2) is 18.7 Å². The molecule has 2 atom stereocenters. The Kier molecular flexibility index (Phi) is 4.42. The van der Waals surface area contributed by atoms with Crippen LogP contribution in [0.3, 0.4) is 0 Å². The molecule has 1 aliphatic heterocycles. The monoisotopic (exact) mass is 318 g/mol. The summed E-state index contributed by atoms with van der Waals surface area (Å²) < 4.78 is 7.56. The fraction of sp³-hybridized carbons (Fsp3) is 0.600. The van der Waals surface area contributed by atoms with Gasteiger partial charge in [0.05, 0.1) is 19.5 Å². The van der Waals surface area contributed by atoms with Crippen LogP contribution in [0.5, 0.6) is 0 Å². The van der Waals surface area contributed by atoms with Gasteiger partial charge in [-0.25, -0.2) is 9.97 Å². The standard InChI is InChI=1S/C15H22N6O2/c1-10(2)13-17-14(19-18-13)12-8-20(6-7-23-12)15(22)11(3)21-5-4-16-9-21/h4-5,9-12H,6-8H2,1-3H3,(H,17,18,19)/t11-,12+/m1/s1. The summed E-state index contributed by atoms with van der Waals surface area (Å²) in [6.45, 7) is 7.50. The van der Waals surface area contributed by atoms with Gasteiger partial charge < -0.3 is 14.2 Å². The highest BCUT2D eigenvalue weighted by molar-refractivity contribution is 5.80. The Morgan fingerprint density at radius 3 is 2.91 bits per heavy atom. The Balaban J connectivity index is 1.69. The maximum atomic E-state index is 12.7. The molecule has 23 heavy (non-hydrogen) atoms. The summed E-state index contributed by atoms with van der Waals surface area (Å²) >= 11 is 0. The van der Waals surface area contributed by atoms with Gasteiger partial charge in [-0.05, 0) is 6.92 Å². The van der Waals surface area contributed by atoms with E-state index in [0.717, 1.165) is 5.82 Å². The van der Waals surface area contributed by atoms with E-state index in [-0.39, 0.29) is 24.0 Å². The summed E-state index contributed by atoms with van der Waals surface area (Å²) in [4.78, 5) is 23.0. The number of aromatic nitrogens is 5. The zero-order chi connectivity index (χ0) is 16.4. The molecule has 0 saturated carbocycles. The van der Waals surface area contributed by atoms with Gasteiger partial charge >= 0.3 is 0 Å². The van der Waals surface area contributed by atoms with Crippen molar-refractivity contribution in [3.05, 3.63) is 30.4 Å². The average Bonchev–Trinajstić information content (AvgIpc) is 3.25. The Bertz CT molecular complexity index is 651. The highest BCUT2D eigenvalue weighted by atomic mass is 16.5. The van der Waals surface area contributed by atoms with Crippen LogP contribution in [0.4, 0.5) is 0 Å². The first-order valence-electron chi connectivity index (χ1n) is 7.86. The fourth-order valence-corrected chi connectivity index (χ4v) is 2.60. The van der Waals surface area contributed by atoms with E-state index >= 15 is 0 Å². The van der Waals surface area contributed by atoms with Crippen LogP contribution in [0.2, 0.25) is 0 Å². The van der Waals surface area contributed by atoms with Crippen LogP contribution < -0.4 is 0 Å². The van der Waals surface area contributed by atoms with Gasteiger partial charge in [0, 0.05) is 24.9 Å². The van der Waals surface area contributed by atoms with Gasteiger partial charge in [0.2, 0.25) is 5.91 Å². The zero-order valence-electron chi connectivity index (χ0n) is 13.6. The lowest BCUT2D eigenvalue weighted by Gasteiger charge is -2.33. The lowest BCUT2D eigenvalue weighted by molar-refractivity contribution is -0.142. The maximum absolute atomic E-state index is 12.7. The van der Waals surface area contributed by atoms with Gasteiger partial charge in [-0.3, -0.25) is 9.89 Å². The normalized spacial score (nSPS) is 20.0. The number of imidazole rings is 1. The molecule has 1 N–H and O–H groups in total. The Morgan fingerprint density at radius 2 is 2.26 bits per heavy atom. The Hall–Kier alpha value is -2.22. The molecule has 8 nitrogen and oxygen atoms in total.